The summed E-state index contributed by atoms with van der Waals surface area (Å²) >= 11 is 0. The summed E-state index contributed by atoms with van der Waals surface area (Å²) in [5.74, 6) is 1.17. The van der Waals surface area contributed by atoms with E-state index in [0.717, 1.165) is 38.4 Å². The normalized spacial score (nSPS) is 24.2. The summed E-state index contributed by atoms with van der Waals surface area (Å²) in [4.78, 5) is 14.4. The molecule has 2 aliphatic rings. The Morgan fingerprint density at radius 2 is 1.80 bits per heavy atom. The highest BCUT2D eigenvalue weighted by molar-refractivity contribution is 5.76. The third kappa shape index (κ3) is 4.76. The molecule has 0 aromatic rings. The first kappa shape index (κ1) is 15.8. The van der Waals surface area contributed by atoms with Gasteiger partial charge in [0.1, 0.15) is 0 Å². The minimum absolute atomic E-state index is 0.392. The molecule has 1 saturated carbocycles. The van der Waals surface area contributed by atoms with Crippen LogP contribution in [0.1, 0.15) is 71.1 Å². The van der Waals surface area contributed by atoms with Crippen molar-refractivity contribution >= 4 is 5.91 Å². The van der Waals surface area contributed by atoms with Crippen LogP contribution in [0.2, 0.25) is 0 Å². The maximum Gasteiger partial charge on any atom is 0.222 e. The SMILES string of the molecule is CCNC(CN1CCCCCCC1=O)C1CCCCC1. The molecular formula is C17H32N2O. The van der Waals surface area contributed by atoms with Gasteiger partial charge in [0.15, 0.2) is 0 Å². The predicted molar refractivity (Wildman–Crippen MR) is 83.7 cm³/mol. The van der Waals surface area contributed by atoms with Crippen LogP contribution in [0.25, 0.3) is 0 Å². The molecule has 1 heterocycles. The molecule has 1 atom stereocenters. The summed E-state index contributed by atoms with van der Waals surface area (Å²) in [6, 6.07) is 0.517. The van der Waals surface area contributed by atoms with Gasteiger partial charge in [0.25, 0.3) is 0 Å². The van der Waals surface area contributed by atoms with Crippen molar-refractivity contribution in [3.8, 4) is 0 Å². The van der Waals surface area contributed by atoms with Crippen LogP contribution >= 0.6 is 0 Å². The maximum atomic E-state index is 12.3. The van der Waals surface area contributed by atoms with Crippen LogP contribution in [-0.4, -0.2) is 36.5 Å². The van der Waals surface area contributed by atoms with E-state index in [9.17, 15) is 4.79 Å². The lowest BCUT2D eigenvalue weighted by Gasteiger charge is -2.35. The van der Waals surface area contributed by atoms with E-state index in [4.69, 9.17) is 0 Å². The Balaban J connectivity index is 1.92. The summed E-state index contributed by atoms with van der Waals surface area (Å²) in [7, 11) is 0. The van der Waals surface area contributed by atoms with Gasteiger partial charge in [0.2, 0.25) is 5.91 Å². The second-order valence-electron chi connectivity index (χ2n) is 6.57. The molecule has 116 valence electrons. The second-order valence-corrected chi connectivity index (χ2v) is 6.57. The Bertz CT molecular complexity index is 287. The zero-order valence-corrected chi connectivity index (χ0v) is 13.2. The minimum atomic E-state index is 0.392. The highest BCUT2D eigenvalue weighted by Gasteiger charge is 2.26. The fourth-order valence-corrected chi connectivity index (χ4v) is 3.82. The zero-order chi connectivity index (χ0) is 14.2. The number of likely N-dealkylation sites (tertiary alicyclic amines) is 1. The molecule has 1 N–H and O–H groups in total. The van der Waals surface area contributed by atoms with Crippen molar-refractivity contribution in [1.29, 1.82) is 0 Å². The molecule has 0 aromatic carbocycles. The molecule has 3 nitrogen and oxygen atoms in total. The smallest absolute Gasteiger partial charge is 0.222 e. The Morgan fingerprint density at radius 1 is 1.10 bits per heavy atom. The quantitative estimate of drug-likeness (QED) is 0.837. The first-order valence-electron chi connectivity index (χ1n) is 8.82. The van der Waals surface area contributed by atoms with Gasteiger partial charge in [0.05, 0.1) is 0 Å². The number of nitrogens with one attached hydrogen (secondary N) is 1. The molecule has 1 aliphatic heterocycles. The van der Waals surface area contributed by atoms with E-state index >= 15 is 0 Å². The van der Waals surface area contributed by atoms with Crippen LogP contribution in [-0.2, 0) is 4.79 Å². The van der Waals surface area contributed by atoms with E-state index in [1.54, 1.807) is 0 Å². The molecule has 1 saturated heterocycles. The highest BCUT2D eigenvalue weighted by Crippen LogP contribution is 2.27. The lowest BCUT2D eigenvalue weighted by Crippen LogP contribution is -2.48. The second kappa shape index (κ2) is 8.66. The molecule has 0 radical (unpaired) electrons. The number of hydrogen-bond acceptors (Lipinski definition) is 2. The Labute approximate surface area is 124 Å². The third-order valence-electron chi connectivity index (χ3n) is 5.02. The van der Waals surface area contributed by atoms with Gasteiger partial charge in [-0.15, -0.1) is 0 Å². The standard InChI is InChI=1S/C17H32N2O/c1-2-18-16(15-10-6-5-7-11-15)14-19-13-9-4-3-8-12-17(19)20/h15-16,18H,2-14H2,1H3. The van der Waals surface area contributed by atoms with Gasteiger partial charge in [-0.1, -0.05) is 39.0 Å². The summed E-state index contributed by atoms with van der Waals surface area (Å²) < 4.78 is 0. The van der Waals surface area contributed by atoms with Crippen molar-refractivity contribution in [3.05, 3.63) is 0 Å². The van der Waals surface area contributed by atoms with E-state index < -0.39 is 0 Å². The molecule has 20 heavy (non-hydrogen) atoms. The van der Waals surface area contributed by atoms with Crippen LogP contribution in [0, 0.1) is 5.92 Å². The third-order valence-corrected chi connectivity index (χ3v) is 5.02. The van der Waals surface area contributed by atoms with E-state index in [0.29, 0.717) is 11.9 Å². The van der Waals surface area contributed by atoms with Gasteiger partial charge < -0.3 is 10.2 Å². The van der Waals surface area contributed by atoms with Crippen molar-refractivity contribution in [3.63, 3.8) is 0 Å². The topological polar surface area (TPSA) is 32.3 Å². The Morgan fingerprint density at radius 3 is 2.55 bits per heavy atom. The fourth-order valence-electron chi connectivity index (χ4n) is 3.82. The monoisotopic (exact) mass is 280 g/mol. The number of likely N-dealkylation sites (N-methyl/N-ethyl adjacent to an activating group) is 1. The van der Waals surface area contributed by atoms with Crippen LogP contribution in [0.5, 0.6) is 0 Å². The molecule has 1 unspecified atom stereocenters. The van der Waals surface area contributed by atoms with Crippen molar-refractivity contribution in [1.82, 2.24) is 10.2 Å². The average Bonchev–Trinajstić information content (AvgIpc) is 2.47. The fraction of sp³-hybridized carbons (Fsp3) is 0.941. The average molecular weight is 280 g/mol. The van der Waals surface area contributed by atoms with Gasteiger partial charge in [-0.05, 0) is 38.1 Å². The van der Waals surface area contributed by atoms with Crippen molar-refractivity contribution < 1.29 is 4.79 Å². The minimum Gasteiger partial charge on any atom is -0.341 e. The molecular weight excluding hydrogens is 248 g/mol. The number of carbonyl (C=O) groups is 1. The predicted octanol–water partition coefficient (Wildman–Crippen LogP) is 3.34. The van der Waals surface area contributed by atoms with Gasteiger partial charge in [-0.25, -0.2) is 0 Å². The van der Waals surface area contributed by atoms with Gasteiger partial charge in [0, 0.05) is 25.6 Å². The lowest BCUT2D eigenvalue weighted by atomic mass is 9.83. The molecule has 3 heteroatoms. The van der Waals surface area contributed by atoms with Gasteiger partial charge in [-0.2, -0.15) is 0 Å². The summed E-state index contributed by atoms with van der Waals surface area (Å²) in [5, 5.41) is 3.66. The Kier molecular flexibility index (Phi) is 6.85. The first-order valence-corrected chi connectivity index (χ1v) is 8.82. The number of nitrogens with zero attached hydrogens (tertiary/aromatic N) is 1. The number of rotatable bonds is 5. The summed E-state index contributed by atoms with van der Waals surface area (Å²) in [5.41, 5.74) is 0. The van der Waals surface area contributed by atoms with Crippen molar-refractivity contribution in [2.75, 3.05) is 19.6 Å². The van der Waals surface area contributed by atoms with E-state index in [-0.39, 0.29) is 0 Å². The summed E-state index contributed by atoms with van der Waals surface area (Å²) in [6.07, 6.45) is 12.4. The van der Waals surface area contributed by atoms with Crippen LogP contribution in [0.3, 0.4) is 0 Å². The molecule has 0 spiro atoms. The molecule has 2 fully saturated rings. The molecule has 0 aromatic heterocycles. The van der Waals surface area contributed by atoms with E-state index in [1.165, 1.54) is 51.4 Å². The largest absolute Gasteiger partial charge is 0.341 e. The van der Waals surface area contributed by atoms with Crippen LogP contribution in [0.4, 0.5) is 0 Å². The molecule has 1 aliphatic carbocycles. The molecule has 0 bridgehead atoms. The number of amides is 1. The number of carbonyl (C=O) groups excluding carboxylic acids is 1. The van der Waals surface area contributed by atoms with Gasteiger partial charge in [-0.3, -0.25) is 4.79 Å². The maximum absolute atomic E-state index is 12.3. The van der Waals surface area contributed by atoms with Gasteiger partial charge >= 0.3 is 0 Å². The number of hydrogen-bond donors (Lipinski definition) is 1. The van der Waals surface area contributed by atoms with E-state index in [2.05, 4.69) is 17.1 Å². The van der Waals surface area contributed by atoms with Crippen LogP contribution in [0.15, 0.2) is 0 Å². The van der Waals surface area contributed by atoms with E-state index in [1.807, 2.05) is 0 Å². The van der Waals surface area contributed by atoms with Crippen LogP contribution < -0.4 is 5.32 Å². The molecule has 1 amide bonds. The highest BCUT2D eigenvalue weighted by atomic mass is 16.2. The zero-order valence-electron chi connectivity index (χ0n) is 13.2. The van der Waals surface area contributed by atoms with Crippen molar-refractivity contribution in [2.24, 2.45) is 5.92 Å². The molecule has 2 rings (SSSR count). The first-order chi connectivity index (χ1) is 9.81. The van der Waals surface area contributed by atoms with Crippen molar-refractivity contribution in [2.45, 2.75) is 77.2 Å². The lowest BCUT2D eigenvalue weighted by molar-refractivity contribution is -0.132. The summed E-state index contributed by atoms with van der Waals surface area (Å²) in [6.45, 7) is 5.12. The Hall–Kier alpha value is -0.570.